The maximum atomic E-state index is 12.1. The number of halogens is 3. The van der Waals surface area contributed by atoms with Gasteiger partial charge in [0.25, 0.3) is 0 Å². The van der Waals surface area contributed by atoms with E-state index in [1.54, 1.807) is 12.1 Å². The van der Waals surface area contributed by atoms with E-state index in [1.165, 1.54) is 24.5 Å². The number of carboxylic acid groups (broad SMARTS) is 1. The van der Waals surface area contributed by atoms with Crippen LogP contribution in [0.5, 0.6) is 0 Å². The normalized spacial score (nSPS) is 12.5. The molecule has 0 bridgehead atoms. The molecule has 0 atom stereocenters. The summed E-state index contributed by atoms with van der Waals surface area (Å²) in [5.41, 5.74) is 0. The molecule has 1 rings (SSSR count). The summed E-state index contributed by atoms with van der Waals surface area (Å²) in [6.07, 6.45) is -1.80. The van der Waals surface area contributed by atoms with Gasteiger partial charge in [-0.25, -0.2) is 4.79 Å². The monoisotopic (exact) mass is 279 g/mol. The van der Waals surface area contributed by atoms with Gasteiger partial charge >= 0.3 is 12.1 Å². The highest BCUT2D eigenvalue weighted by atomic mass is 32.1. The summed E-state index contributed by atoms with van der Waals surface area (Å²) in [5.74, 6) is -1.06. The Morgan fingerprint density at radius 1 is 1.50 bits per heavy atom. The van der Waals surface area contributed by atoms with Crippen molar-refractivity contribution in [2.24, 2.45) is 0 Å². The summed E-state index contributed by atoms with van der Waals surface area (Å²) in [6.45, 7) is -0.781. The number of hydrogen-bond acceptors (Lipinski definition) is 3. The van der Waals surface area contributed by atoms with Crippen molar-refractivity contribution in [1.82, 2.24) is 4.90 Å². The van der Waals surface area contributed by atoms with Crippen LogP contribution in [-0.2, 0) is 11.3 Å². The molecule has 1 aromatic rings. The van der Waals surface area contributed by atoms with Crippen molar-refractivity contribution in [3.63, 3.8) is 0 Å². The SMILES string of the molecule is CN(Cc1ccc(C=CC(=O)O)s1)CC(F)(F)F. The van der Waals surface area contributed by atoms with Gasteiger partial charge in [-0.15, -0.1) is 11.3 Å². The molecule has 0 fully saturated rings. The minimum Gasteiger partial charge on any atom is -0.478 e. The van der Waals surface area contributed by atoms with Gasteiger partial charge in [-0.2, -0.15) is 13.2 Å². The van der Waals surface area contributed by atoms with Crippen molar-refractivity contribution < 1.29 is 23.1 Å². The highest BCUT2D eigenvalue weighted by Crippen LogP contribution is 2.21. The fraction of sp³-hybridized carbons (Fsp3) is 0.364. The molecule has 0 radical (unpaired) electrons. The second kappa shape index (κ2) is 6.01. The molecule has 100 valence electrons. The van der Waals surface area contributed by atoms with Gasteiger partial charge in [0.05, 0.1) is 6.54 Å². The first kappa shape index (κ1) is 14.7. The zero-order chi connectivity index (χ0) is 13.8. The van der Waals surface area contributed by atoms with E-state index < -0.39 is 18.7 Å². The van der Waals surface area contributed by atoms with E-state index in [1.807, 2.05) is 0 Å². The first-order valence-corrected chi connectivity index (χ1v) is 5.83. The number of carboxylic acids is 1. The average Bonchev–Trinajstić information content (AvgIpc) is 2.59. The number of hydrogen-bond donors (Lipinski definition) is 1. The lowest BCUT2D eigenvalue weighted by atomic mass is 10.3. The van der Waals surface area contributed by atoms with Crippen molar-refractivity contribution in [3.8, 4) is 0 Å². The van der Waals surface area contributed by atoms with Gasteiger partial charge in [0, 0.05) is 22.4 Å². The summed E-state index contributed by atoms with van der Waals surface area (Å²) in [6, 6.07) is 3.37. The van der Waals surface area contributed by atoms with Crippen molar-refractivity contribution in [1.29, 1.82) is 0 Å². The molecule has 1 N–H and O–H groups in total. The van der Waals surface area contributed by atoms with E-state index in [-0.39, 0.29) is 6.54 Å². The number of alkyl halides is 3. The summed E-state index contributed by atoms with van der Waals surface area (Å²) in [4.78, 5) is 12.9. The Morgan fingerprint density at radius 2 is 2.17 bits per heavy atom. The van der Waals surface area contributed by atoms with Crippen LogP contribution < -0.4 is 0 Å². The molecule has 0 saturated heterocycles. The van der Waals surface area contributed by atoms with Crippen molar-refractivity contribution >= 4 is 23.4 Å². The molecule has 0 unspecified atom stereocenters. The van der Waals surface area contributed by atoms with Gasteiger partial charge in [0.2, 0.25) is 0 Å². The van der Waals surface area contributed by atoms with Crippen LogP contribution in [0.4, 0.5) is 13.2 Å². The van der Waals surface area contributed by atoms with Crippen LogP contribution in [0.3, 0.4) is 0 Å². The number of rotatable bonds is 5. The zero-order valence-corrected chi connectivity index (χ0v) is 10.4. The standard InChI is InChI=1S/C11H12F3NO2S/c1-15(7-11(12,13)14)6-9-3-2-8(18-9)4-5-10(16)17/h2-5H,6-7H2,1H3,(H,16,17). The smallest absolute Gasteiger partial charge is 0.401 e. The summed E-state index contributed by atoms with van der Waals surface area (Å²) >= 11 is 1.27. The molecule has 1 heterocycles. The van der Waals surface area contributed by atoms with E-state index in [4.69, 9.17) is 5.11 Å². The molecule has 1 aromatic heterocycles. The molecule has 0 spiro atoms. The van der Waals surface area contributed by atoms with E-state index in [0.29, 0.717) is 4.88 Å². The Labute approximate surface area is 106 Å². The van der Waals surface area contributed by atoms with Gasteiger partial charge in [-0.3, -0.25) is 4.90 Å². The largest absolute Gasteiger partial charge is 0.478 e. The lowest BCUT2D eigenvalue weighted by Gasteiger charge is -2.17. The summed E-state index contributed by atoms with van der Waals surface area (Å²) < 4.78 is 36.3. The third-order valence-electron chi connectivity index (χ3n) is 1.95. The van der Waals surface area contributed by atoms with Crippen LogP contribution in [0.25, 0.3) is 6.08 Å². The third kappa shape index (κ3) is 5.83. The van der Waals surface area contributed by atoms with Crippen molar-refractivity contribution in [3.05, 3.63) is 28.0 Å². The molecular formula is C11H12F3NO2S. The zero-order valence-electron chi connectivity index (χ0n) is 9.57. The number of thiophene rings is 1. The van der Waals surface area contributed by atoms with E-state index in [9.17, 15) is 18.0 Å². The molecular weight excluding hydrogens is 267 g/mol. The maximum absolute atomic E-state index is 12.1. The Bertz CT molecular complexity index is 440. The van der Waals surface area contributed by atoms with E-state index in [0.717, 1.165) is 15.9 Å². The van der Waals surface area contributed by atoms with Crippen molar-refractivity contribution in [2.45, 2.75) is 12.7 Å². The molecule has 7 heteroatoms. The van der Waals surface area contributed by atoms with Crippen LogP contribution in [0.15, 0.2) is 18.2 Å². The maximum Gasteiger partial charge on any atom is 0.401 e. The third-order valence-corrected chi connectivity index (χ3v) is 2.98. The second-order valence-electron chi connectivity index (χ2n) is 3.76. The lowest BCUT2D eigenvalue weighted by molar-refractivity contribution is -0.144. The Balaban J connectivity index is 2.56. The van der Waals surface area contributed by atoms with Gasteiger partial charge < -0.3 is 5.11 Å². The highest BCUT2D eigenvalue weighted by molar-refractivity contribution is 7.12. The molecule has 0 aliphatic carbocycles. The van der Waals surface area contributed by atoms with Crippen LogP contribution >= 0.6 is 11.3 Å². The fourth-order valence-electron chi connectivity index (χ4n) is 1.35. The van der Waals surface area contributed by atoms with E-state index in [2.05, 4.69) is 0 Å². The van der Waals surface area contributed by atoms with Crippen molar-refractivity contribution in [2.75, 3.05) is 13.6 Å². The quantitative estimate of drug-likeness (QED) is 0.843. The summed E-state index contributed by atoms with van der Waals surface area (Å²) in [5, 5.41) is 8.44. The Morgan fingerprint density at radius 3 is 2.72 bits per heavy atom. The lowest BCUT2D eigenvalue weighted by Crippen LogP contribution is -2.30. The molecule has 0 saturated carbocycles. The number of nitrogens with zero attached hydrogens (tertiary/aromatic N) is 1. The van der Waals surface area contributed by atoms with Crippen LogP contribution in [-0.4, -0.2) is 35.7 Å². The average molecular weight is 279 g/mol. The second-order valence-corrected chi connectivity index (χ2v) is 4.96. The molecule has 0 aliphatic rings. The highest BCUT2D eigenvalue weighted by Gasteiger charge is 2.29. The Hall–Kier alpha value is -1.34. The number of aliphatic carboxylic acids is 1. The number of carbonyl (C=O) groups is 1. The Kier molecular flexibility index (Phi) is 4.92. The first-order valence-electron chi connectivity index (χ1n) is 5.01. The topological polar surface area (TPSA) is 40.5 Å². The molecule has 0 aromatic carbocycles. The van der Waals surface area contributed by atoms with E-state index >= 15 is 0 Å². The summed E-state index contributed by atoms with van der Waals surface area (Å²) in [7, 11) is 1.39. The van der Waals surface area contributed by atoms with Gasteiger partial charge in [-0.1, -0.05) is 0 Å². The minimum absolute atomic E-state index is 0.186. The van der Waals surface area contributed by atoms with Crippen LogP contribution in [0.2, 0.25) is 0 Å². The molecule has 3 nitrogen and oxygen atoms in total. The van der Waals surface area contributed by atoms with Gasteiger partial charge in [0.15, 0.2) is 0 Å². The predicted octanol–water partition coefficient (Wildman–Crippen LogP) is 2.84. The first-order chi connectivity index (χ1) is 8.26. The minimum atomic E-state index is -4.21. The van der Waals surface area contributed by atoms with Gasteiger partial charge in [0.1, 0.15) is 0 Å². The van der Waals surface area contributed by atoms with Crippen LogP contribution in [0, 0.1) is 0 Å². The molecule has 0 aliphatic heterocycles. The fourth-order valence-corrected chi connectivity index (χ4v) is 2.35. The van der Waals surface area contributed by atoms with Crippen LogP contribution in [0.1, 0.15) is 9.75 Å². The predicted molar refractivity (Wildman–Crippen MR) is 63.4 cm³/mol. The van der Waals surface area contributed by atoms with Gasteiger partial charge in [-0.05, 0) is 25.3 Å². The molecule has 0 amide bonds. The molecule has 18 heavy (non-hydrogen) atoms.